The Morgan fingerprint density at radius 2 is 2.04 bits per heavy atom. The van der Waals surface area contributed by atoms with Crippen molar-refractivity contribution in [1.82, 2.24) is 9.80 Å². The molecule has 1 aliphatic rings. The predicted octanol–water partition coefficient (Wildman–Crippen LogP) is 3.06. The number of benzene rings is 1. The number of nitrogens with zero attached hydrogens (tertiary/aromatic N) is 2. The summed E-state index contributed by atoms with van der Waals surface area (Å²) in [6.07, 6.45) is 0.255. The Labute approximate surface area is 166 Å². The van der Waals surface area contributed by atoms with Crippen LogP contribution in [0.15, 0.2) is 35.7 Å². The first-order valence-corrected chi connectivity index (χ1v) is 9.72. The van der Waals surface area contributed by atoms with E-state index in [-0.39, 0.29) is 18.2 Å². The molecule has 142 valence electrons. The van der Waals surface area contributed by atoms with Crippen molar-refractivity contribution in [3.63, 3.8) is 0 Å². The summed E-state index contributed by atoms with van der Waals surface area (Å²) in [4.78, 5) is 40.7. The zero-order chi connectivity index (χ0) is 19.4. The molecule has 0 radical (unpaired) electrons. The quantitative estimate of drug-likeness (QED) is 0.732. The van der Waals surface area contributed by atoms with Crippen LogP contribution < -0.4 is 0 Å². The van der Waals surface area contributed by atoms with Crippen LogP contribution >= 0.6 is 22.9 Å². The molecule has 3 rings (SSSR count). The third-order valence-electron chi connectivity index (χ3n) is 4.41. The Morgan fingerprint density at radius 3 is 2.74 bits per heavy atom. The summed E-state index contributed by atoms with van der Waals surface area (Å²) in [7, 11) is 1.33. The van der Waals surface area contributed by atoms with Crippen molar-refractivity contribution in [3.05, 3.63) is 56.7 Å². The molecule has 8 heteroatoms. The fourth-order valence-corrected chi connectivity index (χ4v) is 4.06. The molecule has 1 aliphatic heterocycles. The van der Waals surface area contributed by atoms with Crippen molar-refractivity contribution in [3.8, 4) is 0 Å². The maximum atomic E-state index is 12.6. The molecule has 1 aromatic carbocycles. The van der Waals surface area contributed by atoms with Gasteiger partial charge in [-0.1, -0.05) is 23.7 Å². The minimum atomic E-state index is -0.413. The van der Waals surface area contributed by atoms with Crippen LogP contribution in [-0.2, 0) is 16.1 Å². The third-order valence-corrected chi connectivity index (χ3v) is 5.74. The normalized spacial score (nSPS) is 14.8. The van der Waals surface area contributed by atoms with Gasteiger partial charge in [0, 0.05) is 32.6 Å². The number of carbonyl (C=O) groups excluding carboxylic acids is 3. The largest absolute Gasteiger partial charge is 0.465 e. The summed E-state index contributed by atoms with van der Waals surface area (Å²) in [6.45, 7) is 1.61. The Morgan fingerprint density at radius 1 is 1.22 bits per heavy atom. The number of hydrogen-bond donors (Lipinski definition) is 0. The van der Waals surface area contributed by atoms with Crippen LogP contribution in [0.2, 0.25) is 5.02 Å². The molecule has 1 saturated heterocycles. The number of thiophene rings is 1. The first-order valence-electron chi connectivity index (χ1n) is 8.47. The minimum Gasteiger partial charge on any atom is -0.465 e. The van der Waals surface area contributed by atoms with Crippen molar-refractivity contribution in [1.29, 1.82) is 0 Å². The number of esters is 1. The Hall–Kier alpha value is -2.38. The summed E-state index contributed by atoms with van der Waals surface area (Å²) in [5.41, 5.74) is 1.29. The van der Waals surface area contributed by atoms with Crippen LogP contribution in [0.1, 0.15) is 32.0 Å². The highest BCUT2D eigenvalue weighted by atomic mass is 35.5. The number of halogens is 1. The third kappa shape index (κ3) is 4.48. The molecule has 2 amide bonds. The van der Waals surface area contributed by atoms with Crippen molar-refractivity contribution < 1.29 is 19.1 Å². The molecule has 0 spiro atoms. The van der Waals surface area contributed by atoms with Crippen LogP contribution in [0.3, 0.4) is 0 Å². The second-order valence-corrected chi connectivity index (χ2v) is 7.47. The van der Waals surface area contributed by atoms with Gasteiger partial charge in [0.15, 0.2) is 0 Å². The number of amides is 2. The number of methoxy groups -OCH3 is 1. The van der Waals surface area contributed by atoms with Gasteiger partial charge >= 0.3 is 5.97 Å². The van der Waals surface area contributed by atoms with E-state index in [1.807, 2.05) is 6.07 Å². The van der Waals surface area contributed by atoms with E-state index in [0.29, 0.717) is 41.6 Å². The van der Waals surface area contributed by atoms with Crippen molar-refractivity contribution in [2.24, 2.45) is 0 Å². The fraction of sp³-hybridized carbons (Fsp3) is 0.316. The second kappa shape index (κ2) is 8.54. The molecule has 0 aliphatic carbocycles. The molecule has 0 unspecified atom stereocenters. The fourth-order valence-electron chi connectivity index (χ4n) is 2.96. The van der Waals surface area contributed by atoms with E-state index in [2.05, 4.69) is 0 Å². The zero-order valence-corrected chi connectivity index (χ0v) is 16.4. The van der Waals surface area contributed by atoms with Gasteiger partial charge in [0.05, 0.1) is 17.7 Å². The monoisotopic (exact) mass is 406 g/mol. The van der Waals surface area contributed by atoms with E-state index in [0.717, 1.165) is 5.56 Å². The minimum absolute atomic E-state index is 0.0222. The van der Waals surface area contributed by atoms with E-state index < -0.39 is 5.97 Å². The van der Waals surface area contributed by atoms with Crippen molar-refractivity contribution in [2.45, 2.75) is 13.0 Å². The molecule has 0 atom stereocenters. The molecule has 2 aromatic rings. The van der Waals surface area contributed by atoms with Crippen LogP contribution in [0.25, 0.3) is 0 Å². The topological polar surface area (TPSA) is 66.9 Å². The van der Waals surface area contributed by atoms with Gasteiger partial charge < -0.3 is 14.5 Å². The van der Waals surface area contributed by atoms with Gasteiger partial charge in [-0.15, -0.1) is 11.3 Å². The lowest BCUT2D eigenvalue weighted by atomic mass is 10.1. The Balaban J connectivity index is 1.68. The zero-order valence-electron chi connectivity index (χ0n) is 14.8. The lowest BCUT2D eigenvalue weighted by Gasteiger charge is -2.22. The molecule has 0 saturated carbocycles. The summed E-state index contributed by atoms with van der Waals surface area (Å²) in [5.74, 6) is -0.577. The van der Waals surface area contributed by atoms with Crippen LogP contribution in [0, 0.1) is 0 Å². The van der Waals surface area contributed by atoms with Crippen molar-refractivity contribution in [2.75, 3.05) is 26.7 Å². The standard InChI is InChI=1S/C19H19ClN2O4S/c1-26-19(25)14-4-2-3-13(11-14)12-22-9-8-21(7-5-16(22)23)18(24)17-15(20)6-10-27-17/h2-4,6,10-11H,5,7-9,12H2,1H3. The van der Waals surface area contributed by atoms with Gasteiger partial charge in [-0.05, 0) is 29.1 Å². The van der Waals surface area contributed by atoms with Gasteiger partial charge in [-0.3, -0.25) is 9.59 Å². The molecule has 1 aromatic heterocycles. The first-order chi connectivity index (χ1) is 13.0. The van der Waals surface area contributed by atoms with E-state index in [1.165, 1.54) is 18.4 Å². The maximum absolute atomic E-state index is 12.6. The number of ether oxygens (including phenoxy) is 1. The molecule has 0 bridgehead atoms. The molecule has 27 heavy (non-hydrogen) atoms. The van der Waals surface area contributed by atoms with Gasteiger partial charge in [0.2, 0.25) is 5.91 Å². The van der Waals surface area contributed by atoms with Crippen LogP contribution in [0.5, 0.6) is 0 Å². The number of rotatable bonds is 4. The molecule has 6 nitrogen and oxygen atoms in total. The number of carbonyl (C=O) groups is 3. The van der Waals surface area contributed by atoms with Gasteiger partial charge in [0.25, 0.3) is 5.91 Å². The highest BCUT2D eigenvalue weighted by Gasteiger charge is 2.26. The second-order valence-electron chi connectivity index (χ2n) is 6.15. The highest BCUT2D eigenvalue weighted by Crippen LogP contribution is 2.24. The smallest absolute Gasteiger partial charge is 0.337 e. The SMILES string of the molecule is COC(=O)c1cccc(CN2CCN(C(=O)c3sccc3Cl)CCC2=O)c1. The average Bonchev–Trinajstić information content (AvgIpc) is 3.03. The highest BCUT2D eigenvalue weighted by molar-refractivity contribution is 7.12. The Kier molecular flexibility index (Phi) is 6.13. The lowest BCUT2D eigenvalue weighted by Crippen LogP contribution is -2.35. The molecular formula is C19H19ClN2O4S. The van der Waals surface area contributed by atoms with Crippen molar-refractivity contribution >= 4 is 40.7 Å². The Bertz CT molecular complexity index is 867. The summed E-state index contributed by atoms with van der Waals surface area (Å²) < 4.78 is 4.73. The van der Waals surface area contributed by atoms with Crippen LogP contribution in [0.4, 0.5) is 0 Å². The predicted molar refractivity (Wildman–Crippen MR) is 103 cm³/mol. The van der Waals surface area contributed by atoms with E-state index >= 15 is 0 Å². The maximum Gasteiger partial charge on any atom is 0.337 e. The summed E-state index contributed by atoms with van der Waals surface area (Å²) in [5, 5.41) is 2.22. The van der Waals surface area contributed by atoms with Gasteiger partial charge in [-0.25, -0.2) is 4.79 Å². The van der Waals surface area contributed by atoms with Crippen LogP contribution in [-0.4, -0.2) is 54.3 Å². The lowest BCUT2D eigenvalue weighted by molar-refractivity contribution is -0.130. The van der Waals surface area contributed by atoms with E-state index in [4.69, 9.17) is 16.3 Å². The van der Waals surface area contributed by atoms with Gasteiger partial charge in [0.1, 0.15) is 4.88 Å². The molecule has 2 heterocycles. The molecule has 0 N–H and O–H groups in total. The first kappa shape index (κ1) is 19.4. The summed E-state index contributed by atoms with van der Waals surface area (Å²) in [6, 6.07) is 8.71. The van der Waals surface area contributed by atoms with E-state index in [1.54, 1.807) is 39.4 Å². The van der Waals surface area contributed by atoms with E-state index in [9.17, 15) is 14.4 Å². The molecule has 1 fully saturated rings. The average molecular weight is 407 g/mol. The summed E-state index contributed by atoms with van der Waals surface area (Å²) >= 11 is 7.36. The van der Waals surface area contributed by atoms with Gasteiger partial charge in [-0.2, -0.15) is 0 Å². The molecular weight excluding hydrogens is 388 g/mol. The number of hydrogen-bond acceptors (Lipinski definition) is 5.